The fraction of sp³-hybridized carbons (Fsp3) is 0.438. The summed E-state index contributed by atoms with van der Waals surface area (Å²) in [5, 5.41) is 14.0. The molecule has 0 spiro atoms. The molecule has 2 atom stereocenters. The molecule has 2 unspecified atom stereocenters. The van der Waals surface area contributed by atoms with Gasteiger partial charge in [0, 0.05) is 29.6 Å². The lowest BCUT2D eigenvalue weighted by molar-refractivity contribution is 0.178. The average molecular weight is 271 g/mol. The lowest BCUT2D eigenvalue weighted by Crippen LogP contribution is -2.34. The summed E-state index contributed by atoms with van der Waals surface area (Å²) in [5.74, 6) is 1.22. The van der Waals surface area contributed by atoms with Crippen molar-refractivity contribution < 1.29 is 5.11 Å². The number of rotatable bonds is 3. The van der Waals surface area contributed by atoms with Crippen LogP contribution in [0.15, 0.2) is 30.3 Å². The summed E-state index contributed by atoms with van der Waals surface area (Å²) in [6.45, 7) is 0.252. The molecule has 1 aromatic heterocycles. The van der Waals surface area contributed by atoms with Crippen LogP contribution < -0.4 is 11.1 Å². The van der Waals surface area contributed by atoms with Crippen LogP contribution in [0.5, 0.6) is 0 Å². The second-order valence-electron chi connectivity index (χ2n) is 5.63. The zero-order valence-electron chi connectivity index (χ0n) is 11.5. The second-order valence-corrected chi connectivity index (χ2v) is 5.63. The lowest BCUT2D eigenvalue weighted by Gasteiger charge is -2.31. The number of aliphatic hydroxyl groups is 1. The first kappa shape index (κ1) is 13.2. The number of aromatic nitrogens is 1. The Balaban J connectivity index is 1.81. The summed E-state index contributed by atoms with van der Waals surface area (Å²) in [6, 6.07) is 10.1. The van der Waals surface area contributed by atoms with Crippen LogP contribution in [0.3, 0.4) is 0 Å². The van der Waals surface area contributed by atoms with Crippen LogP contribution in [0.25, 0.3) is 10.9 Å². The number of nitrogens with zero attached hydrogens (tertiary/aromatic N) is 1. The molecule has 3 rings (SSSR count). The van der Waals surface area contributed by atoms with Crippen molar-refractivity contribution >= 4 is 22.4 Å². The first-order chi connectivity index (χ1) is 9.76. The van der Waals surface area contributed by atoms with Crippen molar-refractivity contribution in [2.45, 2.75) is 31.7 Å². The maximum Gasteiger partial charge on any atom is 0.126 e. The van der Waals surface area contributed by atoms with Gasteiger partial charge in [0.05, 0.1) is 5.52 Å². The molecule has 1 aromatic carbocycles. The quantitative estimate of drug-likeness (QED) is 0.751. The number of benzene rings is 1. The van der Waals surface area contributed by atoms with Crippen LogP contribution in [0.4, 0.5) is 11.5 Å². The standard InChI is InChI=1S/C16H21N3O/c17-13-6-7-15-11(9-13)5-8-16(19-15)18-14-4-2-1-3-12(14)10-20/h5-9,12,14,20H,1-4,10,17H2,(H,18,19). The smallest absolute Gasteiger partial charge is 0.126 e. The number of hydrogen-bond acceptors (Lipinski definition) is 4. The average Bonchev–Trinajstić information content (AvgIpc) is 2.48. The van der Waals surface area contributed by atoms with Gasteiger partial charge < -0.3 is 16.2 Å². The summed E-state index contributed by atoms with van der Waals surface area (Å²) in [4.78, 5) is 4.63. The Bertz CT molecular complexity index is 599. The van der Waals surface area contributed by atoms with E-state index in [-0.39, 0.29) is 6.61 Å². The first-order valence-electron chi connectivity index (χ1n) is 7.30. The van der Waals surface area contributed by atoms with Gasteiger partial charge in [0.25, 0.3) is 0 Å². The molecule has 1 saturated carbocycles. The molecule has 0 saturated heterocycles. The second kappa shape index (κ2) is 5.67. The van der Waals surface area contributed by atoms with E-state index in [0.717, 1.165) is 35.2 Å². The van der Waals surface area contributed by atoms with Crippen molar-refractivity contribution in [1.82, 2.24) is 4.98 Å². The molecule has 0 aliphatic heterocycles. The third kappa shape index (κ3) is 2.70. The highest BCUT2D eigenvalue weighted by atomic mass is 16.3. The Morgan fingerprint density at radius 1 is 1.20 bits per heavy atom. The van der Waals surface area contributed by atoms with E-state index in [1.165, 1.54) is 12.8 Å². The van der Waals surface area contributed by atoms with Gasteiger partial charge in [-0.2, -0.15) is 0 Å². The molecule has 1 aliphatic carbocycles. The van der Waals surface area contributed by atoms with E-state index in [2.05, 4.69) is 10.3 Å². The predicted octanol–water partition coefficient (Wildman–Crippen LogP) is 2.78. The Kier molecular flexibility index (Phi) is 3.74. The van der Waals surface area contributed by atoms with Gasteiger partial charge in [0.1, 0.15) is 5.82 Å². The molecule has 4 nitrogen and oxygen atoms in total. The molecule has 1 fully saturated rings. The normalized spacial score (nSPS) is 22.9. The number of anilines is 2. The van der Waals surface area contributed by atoms with Crippen molar-refractivity contribution in [3.63, 3.8) is 0 Å². The highest BCUT2D eigenvalue weighted by molar-refractivity contribution is 5.83. The zero-order chi connectivity index (χ0) is 13.9. The van der Waals surface area contributed by atoms with Crippen molar-refractivity contribution in [3.8, 4) is 0 Å². The molecule has 2 aromatic rings. The van der Waals surface area contributed by atoms with Crippen LogP contribution in [0, 0.1) is 5.92 Å². The topological polar surface area (TPSA) is 71.2 Å². The predicted molar refractivity (Wildman–Crippen MR) is 82.6 cm³/mol. The number of hydrogen-bond donors (Lipinski definition) is 3. The summed E-state index contributed by atoms with van der Waals surface area (Å²) < 4.78 is 0. The van der Waals surface area contributed by atoms with E-state index in [1.54, 1.807) is 0 Å². The van der Waals surface area contributed by atoms with Crippen LogP contribution >= 0.6 is 0 Å². The molecule has 20 heavy (non-hydrogen) atoms. The molecule has 0 bridgehead atoms. The number of pyridine rings is 1. The fourth-order valence-corrected chi connectivity index (χ4v) is 3.03. The number of nitrogens with two attached hydrogens (primary N) is 1. The van der Waals surface area contributed by atoms with Crippen LogP contribution in [0.2, 0.25) is 0 Å². The van der Waals surface area contributed by atoms with Gasteiger partial charge in [0.2, 0.25) is 0 Å². The largest absolute Gasteiger partial charge is 0.399 e. The third-order valence-corrected chi connectivity index (χ3v) is 4.19. The Labute approximate surface area is 119 Å². The zero-order valence-corrected chi connectivity index (χ0v) is 11.5. The molecule has 0 radical (unpaired) electrons. The van der Waals surface area contributed by atoms with Gasteiger partial charge in [-0.15, -0.1) is 0 Å². The van der Waals surface area contributed by atoms with E-state index < -0.39 is 0 Å². The summed E-state index contributed by atoms with van der Waals surface area (Å²) in [7, 11) is 0. The molecular formula is C16H21N3O. The van der Waals surface area contributed by atoms with Crippen LogP contribution in [-0.4, -0.2) is 22.7 Å². The summed E-state index contributed by atoms with van der Waals surface area (Å²) in [5.41, 5.74) is 7.48. The third-order valence-electron chi connectivity index (χ3n) is 4.19. The van der Waals surface area contributed by atoms with Gasteiger partial charge in [-0.1, -0.05) is 12.8 Å². The van der Waals surface area contributed by atoms with Crippen molar-refractivity contribution in [2.24, 2.45) is 5.92 Å². The lowest BCUT2D eigenvalue weighted by atomic mass is 9.85. The van der Waals surface area contributed by atoms with Crippen LogP contribution in [-0.2, 0) is 0 Å². The Morgan fingerprint density at radius 3 is 2.90 bits per heavy atom. The monoisotopic (exact) mass is 271 g/mol. The minimum atomic E-state index is 0.252. The molecule has 4 N–H and O–H groups in total. The van der Waals surface area contributed by atoms with Crippen molar-refractivity contribution in [1.29, 1.82) is 0 Å². The van der Waals surface area contributed by atoms with Gasteiger partial charge in [-0.05, 0) is 43.2 Å². The molecule has 106 valence electrons. The molecule has 4 heteroatoms. The minimum Gasteiger partial charge on any atom is -0.399 e. The maximum absolute atomic E-state index is 9.47. The van der Waals surface area contributed by atoms with E-state index in [9.17, 15) is 5.11 Å². The highest BCUT2D eigenvalue weighted by Gasteiger charge is 2.24. The summed E-state index contributed by atoms with van der Waals surface area (Å²) in [6.07, 6.45) is 4.64. The molecular weight excluding hydrogens is 250 g/mol. The van der Waals surface area contributed by atoms with Crippen molar-refractivity contribution in [3.05, 3.63) is 30.3 Å². The first-order valence-corrected chi connectivity index (χ1v) is 7.30. The van der Waals surface area contributed by atoms with Gasteiger partial charge in [0.15, 0.2) is 0 Å². The van der Waals surface area contributed by atoms with Gasteiger partial charge >= 0.3 is 0 Å². The molecule has 0 amide bonds. The van der Waals surface area contributed by atoms with Crippen molar-refractivity contribution in [2.75, 3.05) is 17.7 Å². The SMILES string of the molecule is Nc1ccc2nc(NC3CCCCC3CO)ccc2c1. The number of nitrogens with one attached hydrogen (secondary N) is 1. The number of aliphatic hydroxyl groups excluding tert-OH is 1. The minimum absolute atomic E-state index is 0.252. The van der Waals surface area contributed by atoms with E-state index in [1.807, 2.05) is 30.3 Å². The molecule has 1 aliphatic rings. The maximum atomic E-state index is 9.47. The number of nitrogen functional groups attached to an aromatic ring is 1. The van der Waals surface area contributed by atoms with E-state index >= 15 is 0 Å². The Morgan fingerprint density at radius 2 is 2.05 bits per heavy atom. The van der Waals surface area contributed by atoms with Gasteiger partial charge in [-0.25, -0.2) is 4.98 Å². The van der Waals surface area contributed by atoms with E-state index in [4.69, 9.17) is 5.73 Å². The Hall–Kier alpha value is -1.81. The molecule has 1 heterocycles. The fourth-order valence-electron chi connectivity index (χ4n) is 3.03. The van der Waals surface area contributed by atoms with Gasteiger partial charge in [-0.3, -0.25) is 0 Å². The summed E-state index contributed by atoms with van der Waals surface area (Å²) >= 11 is 0. The van der Waals surface area contributed by atoms with E-state index in [0.29, 0.717) is 12.0 Å². The van der Waals surface area contributed by atoms with Crippen LogP contribution in [0.1, 0.15) is 25.7 Å². The number of fused-ring (bicyclic) bond motifs is 1. The highest BCUT2D eigenvalue weighted by Crippen LogP contribution is 2.27.